The number of hydrogen-bond donors (Lipinski definition) is 1. The number of ether oxygens (including phenoxy) is 1. The molecule has 1 N–H and O–H groups in total. The van der Waals surface area contributed by atoms with Crippen LogP contribution in [0.2, 0.25) is 0 Å². The van der Waals surface area contributed by atoms with Crippen molar-refractivity contribution in [1.29, 1.82) is 0 Å². The lowest BCUT2D eigenvalue weighted by atomic mass is 10.1. The molecule has 1 amide bonds. The van der Waals surface area contributed by atoms with Crippen molar-refractivity contribution in [2.24, 2.45) is 0 Å². The Hall–Kier alpha value is -3.53. The molecule has 37 heavy (non-hydrogen) atoms. The first-order chi connectivity index (χ1) is 17.7. The van der Waals surface area contributed by atoms with E-state index in [2.05, 4.69) is 22.0 Å². The van der Waals surface area contributed by atoms with Gasteiger partial charge in [0.25, 0.3) is 0 Å². The van der Waals surface area contributed by atoms with Crippen molar-refractivity contribution in [3.63, 3.8) is 0 Å². The SMILES string of the molecule is CCCCc1ncc(CNC(=O)C(SC(C)=O)c2ccc(F)cc2)n1Cc1ccc(C(=O)OC)c(F)c1. The number of hydrogen-bond acceptors (Lipinski definition) is 6. The standard InChI is InChI=1S/C27H29F2N3O4S/c1-4-5-6-24-30-14-21(32(24)16-18-7-12-22(23(29)13-18)27(35)36-3)15-31-26(34)25(37-17(2)33)19-8-10-20(28)11-9-19/h7-14,25H,4-6,15-16H2,1-3H3,(H,31,34). The average molecular weight is 530 g/mol. The number of unbranched alkanes of at least 4 members (excludes halogenated alkanes) is 1. The Morgan fingerprint density at radius 2 is 1.86 bits per heavy atom. The second-order valence-corrected chi connectivity index (χ2v) is 9.70. The van der Waals surface area contributed by atoms with E-state index in [-0.39, 0.29) is 23.8 Å². The molecule has 1 heterocycles. The summed E-state index contributed by atoms with van der Waals surface area (Å²) >= 11 is 0.857. The number of esters is 1. The molecule has 0 spiro atoms. The minimum atomic E-state index is -0.839. The Balaban J connectivity index is 1.82. The molecule has 0 aliphatic carbocycles. The highest BCUT2D eigenvalue weighted by Crippen LogP contribution is 2.30. The van der Waals surface area contributed by atoms with Crippen molar-refractivity contribution in [2.75, 3.05) is 7.11 Å². The van der Waals surface area contributed by atoms with E-state index in [0.29, 0.717) is 23.2 Å². The Bertz CT molecular complexity index is 1260. The summed E-state index contributed by atoms with van der Waals surface area (Å²) in [7, 11) is 1.19. The highest BCUT2D eigenvalue weighted by atomic mass is 32.2. The molecular formula is C27H29F2N3O4S. The Kier molecular flexibility index (Phi) is 9.96. The fourth-order valence-electron chi connectivity index (χ4n) is 3.78. The normalized spacial score (nSPS) is 11.7. The van der Waals surface area contributed by atoms with Crippen LogP contribution >= 0.6 is 11.8 Å². The first kappa shape index (κ1) is 28.0. The number of nitrogens with zero attached hydrogens (tertiary/aromatic N) is 2. The van der Waals surface area contributed by atoms with Crippen LogP contribution < -0.4 is 5.32 Å². The highest BCUT2D eigenvalue weighted by Gasteiger charge is 2.24. The Labute approximate surface area is 218 Å². The minimum Gasteiger partial charge on any atom is -0.465 e. The maximum Gasteiger partial charge on any atom is 0.340 e. The number of carbonyl (C=O) groups excluding carboxylic acids is 3. The molecule has 0 aliphatic heterocycles. The van der Waals surface area contributed by atoms with Gasteiger partial charge in [0.1, 0.15) is 22.7 Å². The van der Waals surface area contributed by atoms with Gasteiger partial charge in [-0.1, -0.05) is 43.3 Å². The van der Waals surface area contributed by atoms with Gasteiger partial charge in [-0.3, -0.25) is 9.59 Å². The van der Waals surface area contributed by atoms with Crippen molar-refractivity contribution < 1.29 is 27.9 Å². The summed E-state index contributed by atoms with van der Waals surface area (Å²) < 4.78 is 34.4. The number of halogens is 2. The molecule has 0 bridgehead atoms. The van der Waals surface area contributed by atoms with E-state index in [0.717, 1.165) is 30.4 Å². The van der Waals surface area contributed by atoms with Crippen LogP contribution in [0.4, 0.5) is 8.78 Å². The molecule has 0 aliphatic rings. The number of carbonyl (C=O) groups is 3. The van der Waals surface area contributed by atoms with Gasteiger partial charge in [-0.2, -0.15) is 0 Å². The van der Waals surface area contributed by atoms with E-state index in [9.17, 15) is 23.2 Å². The molecule has 0 saturated heterocycles. The van der Waals surface area contributed by atoms with Crippen molar-refractivity contribution in [3.05, 3.63) is 88.5 Å². The van der Waals surface area contributed by atoms with Gasteiger partial charge in [0.15, 0.2) is 5.12 Å². The Morgan fingerprint density at radius 3 is 2.49 bits per heavy atom. The smallest absolute Gasteiger partial charge is 0.340 e. The van der Waals surface area contributed by atoms with Gasteiger partial charge in [-0.25, -0.2) is 18.6 Å². The molecule has 1 aromatic heterocycles. The predicted octanol–water partition coefficient (Wildman–Crippen LogP) is 4.98. The largest absolute Gasteiger partial charge is 0.465 e. The first-order valence-electron chi connectivity index (χ1n) is 11.8. The molecule has 0 radical (unpaired) electrons. The molecule has 0 fully saturated rings. The molecule has 10 heteroatoms. The lowest BCUT2D eigenvalue weighted by Gasteiger charge is -2.17. The van der Waals surface area contributed by atoms with Gasteiger partial charge in [0.2, 0.25) is 5.91 Å². The van der Waals surface area contributed by atoms with Crippen LogP contribution in [0.3, 0.4) is 0 Å². The van der Waals surface area contributed by atoms with Crippen LogP contribution in [0.15, 0.2) is 48.7 Å². The molecule has 3 rings (SSSR count). The summed E-state index contributed by atoms with van der Waals surface area (Å²) in [5, 5.41) is 1.77. The van der Waals surface area contributed by atoms with E-state index in [1.807, 2.05) is 4.57 Å². The third-order valence-corrected chi connectivity index (χ3v) is 6.75. The third-order valence-electron chi connectivity index (χ3n) is 5.69. The number of thioether (sulfide) groups is 1. The van der Waals surface area contributed by atoms with Gasteiger partial charge < -0.3 is 14.6 Å². The van der Waals surface area contributed by atoms with E-state index >= 15 is 0 Å². The molecular weight excluding hydrogens is 500 g/mol. The molecule has 196 valence electrons. The molecule has 2 aromatic carbocycles. The third kappa shape index (κ3) is 7.48. The summed E-state index contributed by atoms with van der Waals surface area (Å²) in [6.07, 6.45) is 4.23. The summed E-state index contributed by atoms with van der Waals surface area (Å²) in [6, 6.07) is 9.77. The number of aryl methyl sites for hydroxylation is 1. The minimum absolute atomic E-state index is 0.122. The number of amides is 1. The maximum atomic E-state index is 14.5. The lowest BCUT2D eigenvalue weighted by Crippen LogP contribution is -2.29. The van der Waals surface area contributed by atoms with Crippen molar-refractivity contribution in [2.45, 2.75) is 51.4 Å². The van der Waals surface area contributed by atoms with E-state index in [1.165, 1.54) is 50.4 Å². The van der Waals surface area contributed by atoms with Crippen LogP contribution in [0, 0.1) is 11.6 Å². The van der Waals surface area contributed by atoms with Gasteiger partial charge in [0, 0.05) is 19.9 Å². The predicted molar refractivity (Wildman–Crippen MR) is 137 cm³/mol. The van der Waals surface area contributed by atoms with Crippen LogP contribution in [0.25, 0.3) is 0 Å². The molecule has 7 nitrogen and oxygen atoms in total. The summed E-state index contributed by atoms with van der Waals surface area (Å²) in [4.78, 5) is 41.1. The van der Waals surface area contributed by atoms with Crippen molar-refractivity contribution >= 4 is 28.8 Å². The maximum absolute atomic E-state index is 14.5. The summed E-state index contributed by atoms with van der Waals surface area (Å²) in [5.74, 6) is -1.48. The second-order valence-electron chi connectivity index (χ2n) is 8.42. The van der Waals surface area contributed by atoms with Crippen molar-refractivity contribution in [1.82, 2.24) is 14.9 Å². The molecule has 3 aromatic rings. The zero-order valence-corrected chi connectivity index (χ0v) is 21.7. The number of imidazole rings is 1. The number of methoxy groups -OCH3 is 1. The van der Waals surface area contributed by atoms with Gasteiger partial charge >= 0.3 is 5.97 Å². The number of nitrogens with one attached hydrogen (secondary N) is 1. The average Bonchev–Trinajstić information content (AvgIpc) is 3.25. The number of rotatable bonds is 11. The van der Waals surface area contributed by atoms with Gasteiger partial charge in [-0.05, 0) is 41.8 Å². The quantitative estimate of drug-likeness (QED) is 0.353. The lowest BCUT2D eigenvalue weighted by molar-refractivity contribution is -0.121. The summed E-state index contributed by atoms with van der Waals surface area (Å²) in [5.41, 5.74) is 1.68. The molecule has 0 saturated carbocycles. The topological polar surface area (TPSA) is 90.3 Å². The molecule has 1 atom stereocenters. The van der Waals surface area contributed by atoms with Crippen LogP contribution in [-0.4, -0.2) is 33.7 Å². The zero-order chi connectivity index (χ0) is 26.9. The fraction of sp³-hybridized carbons (Fsp3) is 0.333. The van der Waals surface area contributed by atoms with Crippen LogP contribution in [0.5, 0.6) is 0 Å². The monoisotopic (exact) mass is 529 g/mol. The van der Waals surface area contributed by atoms with E-state index < -0.39 is 28.8 Å². The zero-order valence-electron chi connectivity index (χ0n) is 20.9. The van der Waals surface area contributed by atoms with Gasteiger partial charge in [-0.15, -0.1) is 0 Å². The fourth-order valence-corrected chi connectivity index (χ4v) is 4.60. The van der Waals surface area contributed by atoms with Crippen molar-refractivity contribution in [3.8, 4) is 0 Å². The number of benzene rings is 2. The number of aromatic nitrogens is 2. The van der Waals surface area contributed by atoms with Crippen LogP contribution in [-0.2, 0) is 33.8 Å². The summed E-state index contributed by atoms with van der Waals surface area (Å²) in [6.45, 7) is 3.84. The van der Waals surface area contributed by atoms with Gasteiger partial charge in [0.05, 0.1) is 31.1 Å². The highest BCUT2D eigenvalue weighted by molar-refractivity contribution is 8.14. The first-order valence-corrected chi connectivity index (χ1v) is 12.7. The van der Waals surface area contributed by atoms with Crippen LogP contribution in [0.1, 0.15) is 64.9 Å². The van der Waals surface area contributed by atoms with E-state index in [4.69, 9.17) is 0 Å². The van der Waals surface area contributed by atoms with E-state index in [1.54, 1.807) is 12.3 Å². The Morgan fingerprint density at radius 1 is 1.14 bits per heavy atom. The molecule has 1 unspecified atom stereocenters. The second kappa shape index (κ2) is 13.1.